The molecule has 1 aliphatic heterocycles. The summed E-state index contributed by atoms with van der Waals surface area (Å²) in [5.74, 6) is 4.97. The van der Waals surface area contributed by atoms with Crippen LogP contribution >= 0.6 is 0 Å². The molecule has 1 fully saturated rings. The first-order chi connectivity index (χ1) is 7.12. The van der Waals surface area contributed by atoms with Gasteiger partial charge in [-0.3, -0.25) is 10.2 Å². The molecule has 5 heteroatoms. The Bertz CT molecular complexity index is 217. The number of hydrogen-bond donors (Lipinski definition) is 3. The maximum atomic E-state index is 11.5. The van der Waals surface area contributed by atoms with E-state index in [1.807, 2.05) is 13.8 Å². The number of nitrogens with one attached hydrogen (secondary N) is 2. The summed E-state index contributed by atoms with van der Waals surface area (Å²) in [6, 6.07) is 0. The average Bonchev–Trinajstić information content (AvgIpc) is 2.77. The van der Waals surface area contributed by atoms with Crippen LogP contribution in [0.3, 0.4) is 0 Å². The van der Waals surface area contributed by atoms with E-state index in [-0.39, 0.29) is 12.0 Å². The van der Waals surface area contributed by atoms with Crippen LogP contribution in [0.25, 0.3) is 0 Å². The van der Waals surface area contributed by atoms with Crippen LogP contribution in [0.2, 0.25) is 0 Å². The van der Waals surface area contributed by atoms with Crippen molar-refractivity contribution < 1.29 is 9.53 Å². The molecule has 15 heavy (non-hydrogen) atoms. The van der Waals surface area contributed by atoms with Crippen molar-refractivity contribution in [3.05, 3.63) is 0 Å². The van der Waals surface area contributed by atoms with Crippen LogP contribution in [0, 0.1) is 0 Å². The van der Waals surface area contributed by atoms with E-state index in [1.165, 1.54) is 0 Å². The van der Waals surface area contributed by atoms with Gasteiger partial charge in [-0.15, -0.1) is 0 Å². The van der Waals surface area contributed by atoms with Gasteiger partial charge in [0.15, 0.2) is 0 Å². The zero-order valence-corrected chi connectivity index (χ0v) is 9.51. The molecule has 1 heterocycles. The molecule has 0 saturated carbocycles. The largest absolute Gasteiger partial charge is 0.377 e. The Morgan fingerprint density at radius 1 is 1.67 bits per heavy atom. The second kappa shape index (κ2) is 5.44. The summed E-state index contributed by atoms with van der Waals surface area (Å²) < 4.78 is 5.48. The smallest absolute Gasteiger partial charge is 0.253 e. The molecular formula is C10H21N3O2. The van der Waals surface area contributed by atoms with Crippen LogP contribution in [-0.2, 0) is 9.53 Å². The number of hydrazine groups is 1. The molecule has 0 aromatic rings. The van der Waals surface area contributed by atoms with Gasteiger partial charge in [0.25, 0.3) is 5.91 Å². The first-order valence-corrected chi connectivity index (χ1v) is 5.50. The van der Waals surface area contributed by atoms with Crippen molar-refractivity contribution in [2.75, 3.05) is 13.2 Å². The molecule has 0 aliphatic carbocycles. The summed E-state index contributed by atoms with van der Waals surface area (Å²) in [7, 11) is 0. The summed E-state index contributed by atoms with van der Waals surface area (Å²) in [6.45, 7) is 5.35. The molecule has 4 N–H and O–H groups in total. The fourth-order valence-corrected chi connectivity index (χ4v) is 1.67. The van der Waals surface area contributed by atoms with Gasteiger partial charge in [0.2, 0.25) is 0 Å². The average molecular weight is 215 g/mol. The third-order valence-electron chi connectivity index (χ3n) is 3.08. The van der Waals surface area contributed by atoms with Crippen molar-refractivity contribution in [1.29, 1.82) is 0 Å². The summed E-state index contributed by atoms with van der Waals surface area (Å²) in [4.78, 5) is 11.5. The van der Waals surface area contributed by atoms with E-state index in [9.17, 15) is 4.79 Å². The zero-order valence-electron chi connectivity index (χ0n) is 9.51. The lowest BCUT2D eigenvalue weighted by Gasteiger charge is -2.28. The first-order valence-electron chi connectivity index (χ1n) is 5.50. The van der Waals surface area contributed by atoms with Crippen molar-refractivity contribution in [3.63, 3.8) is 0 Å². The molecule has 0 aromatic carbocycles. The highest BCUT2D eigenvalue weighted by Gasteiger charge is 2.31. The Hall–Kier alpha value is -0.650. The Labute approximate surface area is 90.7 Å². The second-order valence-electron chi connectivity index (χ2n) is 4.18. The van der Waals surface area contributed by atoms with Gasteiger partial charge in [0.05, 0.1) is 11.6 Å². The molecule has 0 radical (unpaired) electrons. The molecule has 88 valence electrons. The van der Waals surface area contributed by atoms with Crippen molar-refractivity contribution in [1.82, 2.24) is 10.7 Å². The van der Waals surface area contributed by atoms with Crippen LogP contribution in [0.5, 0.6) is 0 Å². The van der Waals surface area contributed by atoms with Crippen LogP contribution in [0.4, 0.5) is 0 Å². The Balaban J connectivity index is 2.41. The first kappa shape index (κ1) is 12.4. The van der Waals surface area contributed by atoms with Crippen LogP contribution in [-0.4, -0.2) is 30.7 Å². The van der Waals surface area contributed by atoms with Crippen LogP contribution in [0.15, 0.2) is 0 Å². The highest BCUT2D eigenvalue weighted by atomic mass is 16.5. The highest BCUT2D eigenvalue weighted by Crippen LogP contribution is 2.14. The van der Waals surface area contributed by atoms with Gasteiger partial charge in [0.1, 0.15) is 0 Å². The molecule has 5 nitrogen and oxygen atoms in total. The van der Waals surface area contributed by atoms with E-state index >= 15 is 0 Å². The zero-order chi connectivity index (χ0) is 11.3. The highest BCUT2D eigenvalue weighted by molar-refractivity contribution is 5.85. The minimum atomic E-state index is -0.597. The molecule has 1 rings (SSSR count). The van der Waals surface area contributed by atoms with E-state index in [0.717, 1.165) is 19.4 Å². The van der Waals surface area contributed by atoms with Crippen LogP contribution in [0.1, 0.15) is 33.1 Å². The number of nitrogens with two attached hydrogens (primary N) is 1. The number of rotatable bonds is 5. The number of ether oxygens (including phenoxy) is 1. The molecule has 2 atom stereocenters. The number of carbonyl (C=O) groups is 1. The Kier molecular flexibility index (Phi) is 4.50. The van der Waals surface area contributed by atoms with Crippen molar-refractivity contribution in [2.24, 2.45) is 5.84 Å². The summed E-state index contributed by atoms with van der Waals surface area (Å²) in [5.41, 5.74) is 1.59. The molecule has 0 spiro atoms. The molecule has 1 aliphatic rings. The quantitative estimate of drug-likeness (QED) is 0.340. The lowest BCUT2D eigenvalue weighted by atomic mass is 9.97. The molecular weight excluding hydrogens is 194 g/mol. The lowest BCUT2D eigenvalue weighted by Crippen LogP contribution is -2.57. The van der Waals surface area contributed by atoms with Crippen molar-refractivity contribution in [2.45, 2.75) is 44.8 Å². The summed E-state index contributed by atoms with van der Waals surface area (Å²) in [6.07, 6.45) is 3.11. The van der Waals surface area contributed by atoms with Gasteiger partial charge in [-0.1, -0.05) is 6.92 Å². The van der Waals surface area contributed by atoms with Crippen LogP contribution < -0.4 is 16.6 Å². The molecule has 0 unspecified atom stereocenters. The van der Waals surface area contributed by atoms with E-state index in [0.29, 0.717) is 13.0 Å². The van der Waals surface area contributed by atoms with E-state index in [4.69, 9.17) is 10.6 Å². The minimum absolute atomic E-state index is 0.178. The van der Waals surface area contributed by atoms with E-state index < -0.39 is 5.54 Å². The number of hydrogen-bond acceptors (Lipinski definition) is 4. The maximum absolute atomic E-state index is 11.5. The third-order valence-corrected chi connectivity index (χ3v) is 3.08. The summed E-state index contributed by atoms with van der Waals surface area (Å²) in [5, 5.41) is 3.22. The SMILES string of the molecule is CC[C@](C)(NC[C@@H]1CCCO1)C(=O)NN. The van der Waals surface area contributed by atoms with Gasteiger partial charge in [0, 0.05) is 13.2 Å². The number of amides is 1. The monoisotopic (exact) mass is 215 g/mol. The Morgan fingerprint density at radius 2 is 2.40 bits per heavy atom. The van der Waals surface area contributed by atoms with Gasteiger partial charge in [-0.05, 0) is 26.2 Å². The maximum Gasteiger partial charge on any atom is 0.253 e. The predicted octanol–water partition coefficient (Wildman–Crippen LogP) is -0.0864. The van der Waals surface area contributed by atoms with Gasteiger partial charge in [-0.2, -0.15) is 0 Å². The van der Waals surface area contributed by atoms with Crippen molar-refractivity contribution in [3.8, 4) is 0 Å². The van der Waals surface area contributed by atoms with E-state index in [2.05, 4.69) is 10.7 Å². The fraction of sp³-hybridized carbons (Fsp3) is 0.900. The Morgan fingerprint density at radius 3 is 2.87 bits per heavy atom. The fourth-order valence-electron chi connectivity index (χ4n) is 1.67. The molecule has 1 amide bonds. The van der Waals surface area contributed by atoms with Gasteiger partial charge >= 0.3 is 0 Å². The third kappa shape index (κ3) is 3.15. The van der Waals surface area contributed by atoms with Gasteiger partial charge < -0.3 is 10.1 Å². The predicted molar refractivity (Wildman–Crippen MR) is 58.0 cm³/mol. The molecule has 1 saturated heterocycles. The topological polar surface area (TPSA) is 76.4 Å². The van der Waals surface area contributed by atoms with Gasteiger partial charge in [-0.25, -0.2) is 5.84 Å². The summed E-state index contributed by atoms with van der Waals surface area (Å²) >= 11 is 0. The molecule has 0 bridgehead atoms. The standard InChI is InChI=1S/C10H21N3O2/c1-3-10(2,9(14)13-11)12-7-8-5-4-6-15-8/h8,12H,3-7,11H2,1-2H3,(H,13,14)/t8-,10-/m0/s1. The minimum Gasteiger partial charge on any atom is -0.377 e. The van der Waals surface area contributed by atoms with Crippen molar-refractivity contribution >= 4 is 5.91 Å². The second-order valence-corrected chi connectivity index (χ2v) is 4.18. The normalized spacial score (nSPS) is 24.9. The molecule has 0 aromatic heterocycles. The number of carbonyl (C=O) groups excluding carboxylic acids is 1. The lowest BCUT2D eigenvalue weighted by molar-refractivity contribution is -0.127. The van der Waals surface area contributed by atoms with E-state index in [1.54, 1.807) is 0 Å².